The van der Waals surface area contributed by atoms with E-state index in [4.69, 9.17) is 15.8 Å². The molecule has 1 rings (SSSR count). The number of nitrogens with one attached hydrogen (secondary N) is 1. The zero-order valence-electron chi connectivity index (χ0n) is 11.8. The Bertz CT molecular complexity index is 709. The van der Waals surface area contributed by atoms with Crippen molar-refractivity contribution in [2.45, 2.75) is 25.9 Å². The first kappa shape index (κ1) is 17.1. The summed E-state index contributed by atoms with van der Waals surface area (Å²) in [7, 11) is 0. The highest BCUT2D eigenvalue weighted by Crippen LogP contribution is 2.37. The molecule has 0 atom stereocenters. The van der Waals surface area contributed by atoms with Crippen LogP contribution in [0.5, 0.6) is 0 Å². The molecule has 0 radical (unpaired) electrons. The Morgan fingerprint density at radius 2 is 1.68 bits per heavy atom. The molecule has 0 aliphatic carbocycles. The molecule has 112 valence electrons. The van der Waals surface area contributed by atoms with E-state index in [1.54, 1.807) is 13.8 Å². The third-order valence-electron chi connectivity index (χ3n) is 2.86. The van der Waals surface area contributed by atoms with Crippen molar-refractivity contribution in [3.05, 3.63) is 40.6 Å². The number of nitrogens with zero attached hydrogens (tertiary/aromatic N) is 3. The molecule has 0 aromatic heterocycles. The minimum Gasteiger partial charge on any atom is -0.345 e. The number of hydrogen-bond donors (Lipinski definition) is 1. The van der Waals surface area contributed by atoms with Crippen LogP contribution in [-0.4, -0.2) is 0 Å². The number of nitriles is 3. The van der Waals surface area contributed by atoms with Gasteiger partial charge >= 0.3 is 6.18 Å². The number of halogens is 3. The van der Waals surface area contributed by atoms with Gasteiger partial charge in [-0.3, -0.25) is 0 Å². The van der Waals surface area contributed by atoms with E-state index in [9.17, 15) is 13.2 Å². The van der Waals surface area contributed by atoms with Gasteiger partial charge in [0.25, 0.3) is 0 Å². The van der Waals surface area contributed by atoms with Crippen molar-refractivity contribution in [2.75, 3.05) is 5.32 Å². The number of anilines is 1. The highest BCUT2D eigenvalue weighted by atomic mass is 19.4. The molecule has 0 saturated heterocycles. The largest absolute Gasteiger partial charge is 0.418 e. The molecule has 0 bridgehead atoms. The molecule has 0 unspecified atom stereocenters. The minimum absolute atomic E-state index is 0.102. The summed E-state index contributed by atoms with van der Waals surface area (Å²) < 4.78 is 39.4. The van der Waals surface area contributed by atoms with E-state index in [-0.39, 0.29) is 11.6 Å². The van der Waals surface area contributed by atoms with Crippen molar-refractivity contribution < 1.29 is 13.2 Å². The Morgan fingerprint density at radius 1 is 1.09 bits per heavy atom. The van der Waals surface area contributed by atoms with Crippen LogP contribution in [0.1, 0.15) is 30.9 Å². The maximum Gasteiger partial charge on any atom is 0.418 e. The van der Waals surface area contributed by atoms with Gasteiger partial charge in [0.05, 0.1) is 11.3 Å². The summed E-state index contributed by atoms with van der Waals surface area (Å²) >= 11 is 0. The summed E-state index contributed by atoms with van der Waals surface area (Å²) in [5.41, 5.74) is -1.95. The van der Waals surface area contributed by atoms with E-state index >= 15 is 0 Å². The molecule has 22 heavy (non-hydrogen) atoms. The van der Waals surface area contributed by atoms with Gasteiger partial charge < -0.3 is 5.32 Å². The molecule has 0 saturated carbocycles. The van der Waals surface area contributed by atoms with Crippen LogP contribution in [0.2, 0.25) is 0 Å². The van der Waals surface area contributed by atoms with Crippen LogP contribution in [0.25, 0.3) is 0 Å². The van der Waals surface area contributed by atoms with E-state index in [0.717, 1.165) is 6.07 Å². The molecular weight excluding hydrogens is 293 g/mol. The molecule has 0 spiro atoms. The standard InChI is InChI=1S/C15H11F3N4/c1-9(2)10-3-4-13(12(5-10)15(16,17)18)22-14(8-21)11(6-19)7-20/h3-5,9,22H,1-2H3. The summed E-state index contributed by atoms with van der Waals surface area (Å²) in [5, 5.41) is 28.5. The van der Waals surface area contributed by atoms with Crippen LogP contribution in [-0.2, 0) is 6.18 Å². The molecule has 0 fully saturated rings. The van der Waals surface area contributed by atoms with Crippen LogP contribution in [0, 0.1) is 34.0 Å². The summed E-state index contributed by atoms with van der Waals surface area (Å²) in [5.74, 6) is -0.102. The van der Waals surface area contributed by atoms with E-state index < -0.39 is 23.0 Å². The second-order valence-corrected chi connectivity index (χ2v) is 4.67. The fourth-order valence-corrected chi connectivity index (χ4v) is 1.68. The highest BCUT2D eigenvalue weighted by Gasteiger charge is 2.34. The van der Waals surface area contributed by atoms with Gasteiger partial charge in [-0.25, -0.2) is 0 Å². The number of rotatable bonds is 3. The first-order valence-corrected chi connectivity index (χ1v) is 6.17. The maximum atomic E-state index is 13.1. The third-order valence-corrected chi connectivity index (χ3v) is 2.86. The average molecular weight is 304 g/mol. The first-order valence-electron chi connectivity index (χ1n) is 6.17. The van der Waals surface area contributed by atoms with Gasteiger partial charge in [0, 0.05) is 0 Å². The summed E-state index contributed by atoms with van der Waals surface area (Å²) in [6.07, 6.45) is -4.63. The first-order chi connectivity index (χ1) is 10.2. The Hall–Kier alpha value is -2.98. The quantitative estimate of drug-likeness (QED) is 0.853. The van der Waals surface area contributed by atoms with Gasteiger partial charge in [0.2, 0.25) is 0 Å². The molecule has 1 N–H and O–H groups in total. The van der Waals surface area contributed by atoms with Gasteiger partial charge in [-0.05, 0) is 23.6 Å². The van der Waals surface area contributed by atoms with Gasteiger partial charge in [-0.2, -0.15) is 29.0 Å². The molecular formula is C15H11F3N4. The lowest BCUT2D eigenvalue weighted by molar-refractivity contribution is -0.137. The van der Waals surface area contributed by atoms with E-state index in [1.165, 1.54) is 30.3 Å². The normalized spacial score (nSPS) is 10.3. The molecule has 0 amide bonds. The topological polar surface area (TPSA) is 83.4 Å². The number of benzene rings is 1. The maximum absolute atomic E-state index is 13.1. The van der Waals surface area contributed by atoms with Crippen LogP contribution < -0.4 is 5.32 Å². The lowest BCUT2D eigenvalue weighted by Gasteiger charge is -2.16. The van der Waals surface area contributed by atoms with Crippen molar-refractivity contribution in [1.82, 2.24) is 0 Å². The van der Waals surface area contributed by atoms with Crippen molar-refractivity contribution in [1.29, 1.82) is 15.8 Å². The number of alkyl halides is 3. The summed E-state index contributed by atoms with van der Waals surface area (Å²) in [4.78, 5) is 0. The molecule has 7 heteroatoms. The summed E-state index contributed by atoms with van der Waals surface area (Å²) in [6, 6.07) is 8.12. The average Bonchev–Trinajstić information content (AvgIpc) is 2.46. The van der Waals surface area contributed by atoms with Crippen molar-refractivity contribution in [3.8, 4) is 18.2 Å². The molecule has 0 aliphatic heterocycles. The number of hydrogen-bond acceptors (Lipinski definition) is 4. The fraction of sp³-hybridized carbons (Fsp3) is 0.267. The zero-order chi connectivity index (χ0) is 16.9. The number of allylic oxidation sites excluding steroid dienone is 2. The Labute approximate surface area is 125 Å². The van der Waals surface area contributed by atoms with Crippen LogP contribution in [0.15, 0.2) is 29.5 Å². The van der Waals surface area contributed by atoms with Gasteiger partial charge in [-0.15, -0.1) is 0 Å². The van der Waals surface area contributed by atoms with Crippen LogP contribution in [0.3, 0.4) is 0 Å². The predicted molar refractivity (Wildman–Crippen MR) is 73.0 cm³/mol. The third kappa shape index (κ3) is 3.77. The second-order valence-electron chi connectivity index (χ2n) is 4.67. The van der Waals surface area contributed by atoms with Crippen LogP contribution in [0.4, 0.5) is 18.9 Å². The summed E-state index contributed by atoms with van der Waals surface area (Å²) in [6.45, 7) is 3.51. The van der Waals surface area contributed by atoms with E-state index in [2.05, 4.69) is 5.32 Å². The van der Waals surface area contributed by atoms with Gasteiger partial charge in [0.15, 0.2) is 5.57 Å². The fourth-order valence-electron chi connectivity index (χ4n) is 1.68. The van der Waals surface area contributed by atoms with E-state index in [0.29, 0.717) is 5.56 Å². The second kappa shape index (κ2) is 6.65. The Kier molecular flexibility index (Phi) is 5.16. The molecule has 1 aromatic rings. The Morgan fingerprint density at radius 3 is 2.09 bits per heavy atom. The smallest absolute Gasteiger partial charge is 0.345 e. The lowest BCUT2D eigenvalue weighted by atomic mass is 9.99. The van der Waals surface area contributed by atoms with E-state index in [1.807, 2.05) is 0 Å². The molecule has 4 nitrogen and oxygen atoms in total. The monoisotopic (exact) mass is 304 g/mol. The van der Waals surface area contributed by atoms with Crippen molar-refractivity contribution >= 4 is 5.69 Å². The van der Waals surface area contributed by atoms with Gasteiger partial charge in [-0.1, -0.05) is 19.9 Å². The molecule has 0 heterocycles. The van der Waals surface area contributed by atoms with Gasteiger partial charge in [0.1, 0.15) is 23.9 Å². The van der Waals surface area contributed by atoms with Crippen LogP contribution >= 0.6 is 0 Å². The predicted octanol–water partition coefficient (Wildman–Crippen LogP) is 4.07. The molecule has 0 aliphatic rings. The molecule has 1 aromatic carbocycles. The minimum atomic E-state index is -4.63. The lowest BCUT2D eigenvalue weighted by Crippen LogP contribution is -2.12. The van der Waals surface area contributed by atoms with Crippen molar-refractivity contribution in [2.24, 2.45) is 0 Å². The zero-order valence-corrected chi connectivity index (χ0v) is 11.8. The SMILES string of the molecule is CC(C)c1ccc(NC(C#N)=C(C#N)C#N)c(C(F)(F)F)c1. The van der Waals surface area contributed by atoms with Crippen molar-refractivity contribution in [3.63, 3.8) is 0 Å². The Balaban J connectivity index is 3.44. The highest BCUT2D eigenvalue weighted by molar-refractivity contribution is 5.63.